The number of hydrogen-bond donors (Lipinski definition) is 1. The number of thiazole rings is 1. The van der Waals surface area contributed by atoms with Crippen LogP contribution < -0.4 is 5.32 Å². The third-order valence-electron chi connectivity index (χ3n) is 5.83. The quantitative estimate of drug-likeness (QED) is 0.686. The zero-order chi connectivity index (χ0) is 22.7. The SMILES string of the molecule is CC1CC(C)CN(S(=O)(=O)c2cccc(C(=O)Nc3nc(CN4CCOCC4)cs3)c2)C1. The van der Waals surface area contributed by atoms with Crippen LogP contribution in [0.2, 0.25) is 0 Å². The van der Waals surface area contributed by atoms with Crippen molar-refractivity contribution in [2.45, 2.75) is 31.7 Å². The number of amides is 1. The predicted octanol–water partition coefficient (Wildman–Crippen LogP) is 2.89. The Labute approximate surface area is 193 Å². The van der Waals surface area contributed by atoms with E-state index in [2.05, 4.69) is 29.0 Å². The average Bonchev–Trinajstić information content (AvgIpc) is 3.20. The molecular weight excluding hydrogens is 448 g/mol. The van der Waals surface area contributed by atoms with E-state index in [-0.39, 0.29) is 10.8 Å². The van der Waals surface area contributed by atoms with Gasteiger partial charge in [0.2, 0.25) is 10.0 Å². The van der Waals surface area contributed by atoms with Crippen LogP contribution in [0.5, 0.6) is 0 Å². The number of carbonyl (C=O) groups is 1. The molecule has 2 aliphatic rings. The minimum atomic E-state index is -3.64. The van der Waals surface area contributed by atoms with Crippen LogP contribution in [-0.2, 0) is 21.3 Å². The lowest BCUT2D eigenvalue weighted by molar-refractivity contribution is 0.0337. The number of sulfonamides is 1. The summed E-state index contributed by atoms with van der Waals surface area (Å²) in [5, 5.41) is 5.24. The van der Waals surface area contributed by atoms with Crippen molar-refractivity contribution in [1.29, 1.82) is 0 Å². The second-order valence-corrected chi connectivity index (χ2v) is 11.6. The van der Waals surface area contributed by atoms with Crippen molar-refractivity contribution in [3.05, 3.63) is 40.9 Å². The first kappa shape index (κ1) is 23.3. The van der Waals surface area contributed by atoms with E-state index in [1.807, 2.05) is 5.38 Å². The van der Waals surface area contributed by atoms with E-state index >= 15 is 0 Å². The molecule has 0 aliphatic carbocycles. The van der Waals surface area contributed by atoms with E-state index < -0.39 is 10.0 Å². The van der Waals surface area contributed by atoms with E-state index in [1.54, 1.807) is 22.5 Å². The highest BCUT2D eigenvalue weighted by Gasteiger charge is 2.32. The number of aromatic nitrogens is 1. The molecule has 10 heteroatoms. The molecule has 4 rings (SSSR count). The molecular formula is C22H30N4O4S2. The molecule has 0 bridgehead atoms. The summed E-state index contributed by atoms with van der Waals surface area (Å²) in [6, 6.07) is 6.25. The Bertz CT molecular complexity index is 1040. The number of benzene rings is 1. The molecule has 32 heavy (non-hydrogen) atoms. The Hall–Kier alpha value is -1.85. The Morgan fingerprint density at radius 1 is 1.22 bits per heavy atom. The van der Waals surface area contributed by atoms with Crippen LogP contribution in [-0.4, -0.2) is 67.9 Å². The number of nitrogens with zero attached hydrogens (tertiary/aromatic N) is 3. The van der Waals surface area contributed by atoms with Gasteiger partial charge < -0.3 is 4.74 Å². The number of carbonyl (C=O) groups excluding carboxylic acids is 1. The predicted molar refractivity (Wildman–Crippen MR) is 124 cm³/mol. The maximum Gasteiger partial charge on any atom is 0.257 e. The lowest BCUT2D eigenvalue weighted by Gasteiger charge is -2.34. The molecule has 1 amide bonds. The fourth-order valence-corrected chi connectivity index (χ4v) is 6.77. The number of piperidine rings is 1. The van der Waals surface area contributed by atoms with Crippen molar-refractivity contribution in [3.8, 4) is 0 Å². The van der Waals surface area contributed by atoms with Gasteiger partial charge in [0, 0.05) is 43.7 Å². The van der Waals surface area contributed by atoms with Crippen molar-refractivity contribution in [1.82, 2.24) is 14.2 Å². The van der Waals surface area contributed by atoms with E-state index in [9.17, 15) is 13.2 Å². The molecule has 0 saturated carbocycles. The largest absolute Gasteiger partial charge is 0.379 e. The van der Waals surface area contributed by atoms with Gasteiger partial charge >= 0.3 is 0 Å². The number of hydrogen-bond acceptors (Lipinski definition) is 7. The Kier molecular flexibility index (Phi) is 7.26. The maximum atomic E-state index is 13.2. The first-order chi connectivity index (χ1) is 15.3. The lowest BCUT2D eigenvalue weighted by atomic mass is 9.94. The summed E-state index contributed by atoms with van der Waals surface area (Å²) in [7, 11) is -3.64. The summed E-state index contributed by atoms with van der Waals surface area (Å²) in [4.78, 5) is 19.7. The molecule has 2 saturated heterocycles. The molecule has 2 fully saturated rings. The van der Waals surface area contributed by atoms with Gasteiger partial charge in [-0.1, -0.05) is 19.9 Å². The topological polar surface area (TPSA) is 91.8 Å². The molecule has 1 aromatic heterocycles. The van der Waals surface area contributed by atoms with Crippen LogP contribution in [0.15, 0.2) is 34.5 Å². The van der Waals surface area contributed by atoms with Gasteiger partial charge in [-0.2, -0.15) is 4.31 Å². The highest BCUT2D eigenvalue weighted by Crippen LogP contribution is 2.27. The minimum Gasteiger partial charge on any atom is -0.379 e. The first-order valence-electron chi connectivity index (χ1n) is 11.0. The smallest absolute Gasteiger partial charge is 0.257 e. The number of rotatable bonds is 6. The van der Waals surface area contributed by atoms with Gasteiger partial charge in [0.1, 0.15) is 0 Å². The van der Waals surface area contributed by atoms with E-state index in [0.29, 0.717) is 35.6 Å². The van der Waals surface area contributed by atoms with Gasteiger partial charge in [-0.15, -0.1) is 11.3 Å². The van der Waals surface area contributed by atoms with Crippen LogP contribution in [0.25, 0.3) is 0 Å². The van der Waals surface area contributed by atoms with Crippen molar-refractivity contribution in [3.63, 3.8) is 0 Å². The first-order valence-corrected chi connectivity index (χ1v) is 13.3. The van der Waals surface area contributed by atoms with E-state index in [4.69, 9.17) is 4.74 Å². The normalized spacial score (nSPS) is 23.2. The summed E-state index contributed by atoms with van der Waals surface area (Å²) in [5.74, 6) is 0.267. The molecule has 1 N–H and O–H groups in total. The van der Waals surface area contributed by atoms with Crippen molar-refractivity contribution < 1.29 is 17.9 Å². The van der Waals surface area contributed by atoms with Crippen LogP contribution in [0.4, 0.5) is 5.13 Å². The van der Waals surface area contributed by atoms with Crippen molar-refractivity contribution in [2.24, 2.45) is 11.8 Å². The van der Waals surface area contributed by atoms with E-state index in [0.717, 1.165) is 45.0 Å². The highest BCUT2D eigenvalue weighted by molar-refractivity contribution is 7.89. The lowest BCUT2D eigenvalue weighted by Crippen LogP contribution is -2.42. The zero-order valence-corrected chi connectivity index (χ0v) is 20.1. The van der Waals surface area contributed by atoms with Gasteiger partial charge in [0.25, 0.3) is 5.91 Å². The summed E-state index contributed by atoms with van der Waals surface area (Å²) in [6.45, 7) is 9.07. The summed E-state index contributed by atoms with van der Waals surface area (Å²) < 4.78 is 33.3. The van der Waals surface area contributed by atoms with Crippen molar-refractivity contribution >= 4 is 32.4 Å². The molecule has 0 spiro atoms. The molecule has 0 radical (unpaired) electrons. The van der Waals surface area contributed by atoms with Gasteiger partial charge in [-0.05, 0) is 36.5 Å². The van der Waals surface area contributed by atoms with E-state index in [1.165, 1.54) is 17.4 Å². The molecule has 1 aromatic carbocycles. The molecule has 8 nitrogen and oxygen atoms in total. The number of anilines is 1. The molecule has 2 aliphatic heterocycles. The Balaban J connectivity index is 1.43. The standard InChI is InChI=1S/C22H30N4O4S2/c1-16-10-17(2)13-26(12-16)32(28,29)20-5-3-4-18(11-20)21(27)24-22-23-19(15-31-22)14-25-6-8-30-9-7-25/h3-5,11,15-17H,6-10,12-14H2,1-2H3,(H,23,24,27). The van der Waals surface area contributed by atoms with Gasteiger partial charge in [-0.3, -0.25) is 15.0 Å². The highest BCUT2D eigenvalue weighted by atomic mass is 32.2. The molecule has 3 heterocycles. The fourth-order valence-electron chi connectivity index (χ4n) is 4.34. The Morgan fingerprint density at radius 2 is 1.94 bits per heavy atom. The molecule has 2 aromatic rings. The number of morpholine rings is 1. The maximum absolute atomic E-state index is 13.2. The fraction of sp³-hybridized carbons (Fsp3) is 0.545. The van der Waals surface area contributed by atoms with Gasteiger partial charge in [-0.25, -0.2) is 13.4 Å². The molecule has 2 unspecified atom stereocenters. The third kappa shape index (κ3) is 5.55. The molecule has 174 valence electrons. The Morgan fingerprint density at radius 3 is 2.66 bits per heavy atom. The summed E-state index contributed by atoms with van der Waals surface area (Å²) >= 11 is 1.37. The third-order valence-corrected chi connectivity index (χ3v) is 8.47. The monoisotopic (exact) mass is 478 g/mol. The summed E-state index contributed by atoms with van der Waals surface area (Å²) in [6.07, 6.45) is 1.02. The second kappa shape index (κ2) is 9.96. The second-order valence-electron chi connectivity index (χ2n) is 8.78. The van der Waals surface area contributed by atoms with Crippen LogP contribution >= 0.6 is 11.3 Å². The summed E-state index contributed by atoms with van der Waals surface area (Å²) in [5.41, 5.74) is 1.20. The number of ether oxygens (including phenoxy) is 1. The molecule has 2 atom stereocenters. The van der Waals surface area contributed by atoms with Crippen LogP contribution in [0.3, 0.4) is 0 Å². The van der Waals surface area contributed by atoms with Gasteiger partial charge in [0.05, 0.1) is 23.8 Å². The minimum absolute atomic E-state index is 0.151. The zero-order valence-electron chi connectivity index (χ0n) is 18.5. The van der Waals surface area contributed by atoms with Crippen LogP contribution in [0, 0.1) is 11.8 Å². The van der Waals surface area contributed by atoms with Crippen molar-refractivity contribution in [2.75, 3.05) is 44.7 Å². The number of nitrogens with one attached hydrogen (secondary N) is 1. The van der Waals surface area contributed by atoms with Gasteiger partial charge in [0.15, 0.2) is 5.13 Å². The van der Waals surface area contributed by atoms with Crippen LogP contribution in [0.1, 0.15) is 36.3 Å². The average molecular weight is 479 g/mol.